The summed E-state index contributed by atoms with van der Waals surface area (Å²) in [5, 5.41) is 33.7. The van der Waals surface area contributed by atoms with E-state index in [1.54, 1.807) is 0 Å². The molecule has 0 spiro atoms. The van der Waals surface area contributed by atoms with Crippen molar-refractivity contribution < 1.29 is 20.1 Å². The van der Waals surface area contributed by atoms with Crippen LogP contribution in [-0.2, 0) is 4.79 Å². The lowest BCUT2D eigenvalue weighted by Gasteiger charge is -2.23. The molecule has 5 nitrogen and oxygen atoms in total. The Morgan fingerprint density at radius 1 is 0.318 bits per heavy atom. The van der Waals surface area contributed by atoms with Gasteiger partial charge < -0.3 is 20.6 Å². The molecule has 0 fully saturated rings. The maximum Gasteiger partial charge on any atom is 0.222 e. The van der Waals surface area contributed by atoms with E-state index < -0.39 is 18.2 Å². The molecule has 396 valence electrons. The number of hydrogen-bond acceptors (Lipinski definition) is 4. The van der Waals surface area contributed by atoms with Crippen molar-refractivity contribution >= 4 is 5.91 Å². The maximum atomic E-state index is 12.6. The van der Waals surface area contributed by atoms with Gasteiger partial charge in [-0.3, -0.25) is 4.79 Å². The number of nitrogens with one attached hydrogen (secondary N) is 1. The van der Waals surface area contributed by atoms with Crippen LogP contribution in [0.5, 0.6) is 0 Å². The highest BCUT2D eigenvalue weighted by molar-refractivity contribution is 5.76. The molecule has 3 unspecified atom stereocenters. The molecule has 66 heavy (non-hydrogen) atoms. The second-order valence-electron chi connectivity index (χ2n) is 21.7. The fourth-order valence-corrected chi connectivity index (χ4v) is 10.2. The first-order valence-electron chi connectivity index (χ1n) is 30.8. The first kappa shape index (κ1) is 65.3. The average Bonchev–Trinajstić information content (AvgIpc) is 3.31. The predicted molar refractivity (Wildman–Crippen MR) is 292 cm³/mol. The van der Waals surface area contributed by atoms with Crippen molar-refractivity contribution in [3.05, 3.63) is 0 Å². The number of rotatable bonds is 58. The van der Waals surface area contributed by atoms with E-state index in [1.807, 2.05) is 0 Å². The molecular formula is C61H123NO4. The zero-order valence-electron chi connectivity index (χ0n) is 45.4. The summed E-state index contributed by atoms with van der Waals surface area (Å²) in [5.74, 6) is -0.273. The van der Waals surface area contributed by atoms with E-state index in [0.29, 0.717) is 12.8 Å². The summed E-state index contributed by atoms with van der Waals surface area (Å²) in [7, 11) is 0. The van der Waals surface area contributed by atoms with Gasteiger partial charge in [0.25, 0.3) is 0 Å². The van der Waals surface area contributed by atoms with Gasteiger partial charge in [-0.1, -0.05) is 341 Å². The Labute approximate surface area is 415 Å². The molecule has 0 radical (unpaired) electrons. The van der Waals surface area contributed by atoms with Crippen LogP contribution in [0.4, 0.5) is 0 Å². The van der Waals surface area contributed by atoms with E-state index in [2.05, 4.69) is 19.2 Å². The summed E-state index contributed by atoms with van der Waals surface area (Å²) in [6.45, 7) is 4.32. The molecule has 0 aromatic rings. The van der Waals surface area contributed by atoms with Crippen LogP contribution in [0.3, 0.4) is 0 Å². The molecule has 3 atom stereocenters. The van der Waals surface area contributed by atoms with Crippen molar-refractivity contribution in [2.75, 3.05) is 6.61 Å². The van der Waals surface area contributed by atoms with Gasteiger partial charge in [-0.15, -0.1) is 0 Å². The third-order valence-electron chi connectivity index (χ3n) is 14.9. The third-order valence-corrected chi connectivity index (χ3v) is 14.9. The third kappa shape index (κ3) is 52.7. The minimum Gasteiger partial charge on any atom is -0.394 e. The van der Waals surface area contributed by atoms with Crippen LogP contribution in [0.15, 0.2) is 0 Å². The number of unbranched alkanes of at least 4 members (excludes halogenated alkanes) is 49. The molecule has 0 aliphatic carbocycles. The predicted octanol–water partition coefficient (Wildman–Crippen LogP) is 19.3. The van der Waals surface area contributed by atoms with E-state index in [4.69, 9.17) is 0 Å². The Bertz CT molecular complexity index is 898. The molecule has 0 saturated carbocycles. The Hall–Kier alpha value is -0.650. The Balaban J connectivity index is 3.46. The van der Waals surface area contributed by atoms with Gasteiger partial charge in [0.15, 0.2) is 0 Å². The molecule has 5 heteroatoms. The first-order chi connectivity index (χ1) is 32.5. The van der Waals surface area contributed by atoms with Crippen molar-refractivity contribution in [3.8, 4) is 0 Å². The van der Waals surface area contributed by atoms with Crippen molar-refractivity contribution in [1.82, 2.24) is 5.32 Å². The van der Waals surface area contributed by atoms with Crippen LogP contribution in [0.1, 0.15) is 361 Å². The molecule has 0 aliphatic heterocycles. The minimum atomic E-state index is -0.746. The van der Waals surface area contributed by atoms with E-state index in [9.17, 15) is 20.1 Å². The zero-order chi connectivity index (χ0) is 47.9. The first-order valence-corrected chi connectivity index (χ1v) is 30.8. The van der Waals surface area contributed by atoms with E-state index in [-0.39, 0.29) is 18.9 Å². The lowest BCUT2D eigenvalue weighted by Crippen LogP contribution is -2.46. The maximum absolute atomic E-state index is 12.6. The molecule has 0 bridgehead atoms. The molecule has 0 aromatic carbocycles. The molecule has 0 heterocycles. The summed E-state index contributed by atoms with van der Waals surface area (Å²) in [5.41, 5.74) is 0. The Morgan fingerprint density at radius 3 is 0.727 bits per heavy atom. The van der Waals surface area contributed by atoms with E-state index in [0.717, 1.165) is 25.7 Å². The van der Waals surface area contributed by atoms with Crippen LogP contribution in [0, 0.1) is 0 Å². The van der Waals surface area contributed by atoms with E-state index >= 15 is 0 Å². The van der Waals surface area contributed by atoms with Crippen LogP contribution in [0.2, 0.25) is 0 Å². The lowest BCUT2D eigenvalue weighted by atomic mass is 10.0. The van der Waals surface area contributed by atoms with Crippen molar-refractivity contribution in [2.45, 2.75) is 379 Å². The number of aliphatic hydroxyl groups excluding tert-OH is 3. The molecule has 0 saturated heterocycles. The summed E-state index contributed by atoms with van der Waals surface area (Å²) >= 11 is 0. The molecule has 4 N–H and O–H groups in total. The fraction of sp³-hybridized carbons (Fsp3) is 0.984. The van der Waals surface area contributed by atoms with Gasteiger partial charge in [0.05, 0.1) is 31.3 Å². The van der Waals surface area contributed by atoms with Gasteiger partial charge in [0, 0.05) is 0 Å². The van der Waals surface area contributed by atoms with E-state index in [1.165, 1.54) is 302 Å². The van der Waals surface area contributed by atoms with Crippen LogP contribution < -0.4 is 5.32 Å². The van der Waals surface area contributed by atoms with Crippen LogP contribution in [0.25, 0.3) is 0 Å². The topological polar surface area (TPSA) is 89.8 Å². The molecule has 1 amide bonds. The van der Waals surface area contributed by atoms with Gasteiger partial charge in [-0.05, 0) is 12.8 Å². The number of hydrogen-bond donors (Lipinski definition) is 4. The molecule has 0 aromatic heterocycles. The quantitative estimate of drug-likeness (QED) is 0.0458. The summed E-state index contributed by atoms with van der Waals surface area (Å²) in [6.07, 6.45) is 70.0. The lowest BCUT2D eigenvalue weighted by molar-refractivity contribution is -0.125. The molecule has 0 aliphatic rings. The van der Waals surface area contributed by atoms with Crippen molar-refractivity contribution in [1.29, 1.82) is 0 Å². The SMILES string of the molecule is CCCCCCCCCCCCCCCCCCCCCCCCCCCCC(O)CC(=O)NC(CO)C(O)CCCCCCCCCCCCCCCCCCCCCCCCCCC. The average molecular weight is 935 g/mol. The van der Waals surface area contributed by atoms with Gasteiger partial charge in [-0.2, -0.15) is 0 Å². The highest BCUT2D eigenvalue weighted by Crippen LogP contribution is 2.19. The number of carbonyl (C=O) groups excluding carboxylic acids is 1. The molecular weight excluding hydrogens is 811 g/mol. The van der Waals surface area contributed by atoms with Gasteiger partial charge in [-0.25, -0.2) is 0 Å². The van der Waals surface area contributed by atoms with Crippen LogP contribution in [-0.4, -0.2) is 46.1 Å². The smallest absolute Gasteiger partial charge is 0.222 e. The normalized spacial score (nSPS) is 13.1. The minimum absolute atomic E-state index is 0.0438. The van der Waals surface area contributed by atoms with Gasteiger partial charge in [0.1, 0.15) is 0 Å². The highest BCUT2D eigenvalue weighted by atomic mass is 16.3. The summed E-state index contributed by atoms with van der Waals surface area (Å²) in [6, 6.07) is -0.655. The Morgan fingerprint density at radius 2 is 0.515 bits per heavy atom. The molecule has 0 rings (SSSR count). The monoisotopic (exact) mass is 934 g/mol. The van der Waals surface area contributed by atoms with Crippen molar-refractivity contribution in [3.63, 3.8) is 0 Å². The standard InChI is InChI=1S/C61H123NO4/c1-3-5-7-9-11-13-15-17-19-21-23-25-27-29-31-32-34-36-38-40-42-44-46-48-50-52-54-58(64)56-61(66)62-59(57-63)60(65)55-53-51-49-47-45-43-41-39-37-35-33-30-28-26-24-22-20-18-16-14-12-10-8-6-4-2/h58-60,63-65H,3-57H2,1-2H3,(H,62,66). The Kier molecular flexibility index (Phi) is 56.4. The number of carbonyl (C=O) groups is 1. The number of aliphatic hydroxyl groups is 3. The highest BCUT2D eigenvalue weighted by Gasteiger charge is 2.21. The van der Waals surface area contributed by atoms with Gasteiger partial charge in [0.2, 0.25) is 5.91 Å². The second kappa shape index (κ2) is 56.9. The zero-order valence-corrected chi connectivity index (χ0v) is 45.4. The summed E-state index contributed by atoms with van der Waals surface area (Å²) < 4.78 is 0. The van der Waals surface area contributed by atoms with Gasteiger partial charge >= 0.3 is 0 Å². The van der Waals surface area contributed by atoms with Crippen LogP contribution >= 0.6 is 0 Å². The van der Waals surface area contributed by atoms with Crippen molar-refractivity contribution in [2.24, 2.45) is 0 Å². The largest absolute Gasteiger partial charge is 0.394 e. The fourth-order valence-electron chi connectivity index (χ4n) is 10.2. The number of amides is 1. The summed E-state index contributed by atoms with van der Waals surface area (Å²) in [4.78, 5) is 12.6. The second-order valence-corrected chi connectivity index (χ2v) is 21.7.